The predicted molar refractivity (Wildman–Crippen MR) is 101 cm³/mol. The van der Waals surface area contributed by atoms with Gasteiger partial charge in [0.05, 0.1) is 22.5 Å². The summed E-state index contributed by atoms with van der Waals surface area (Å²) in [4.78, 5) is 24.7. The molecule has 1 aliphatic carbocycles. The molecule has 130 valence electrons. The smallest absolute Gasteiger partial charge is 0.228 e. The third-order valence-electron chi connectivity index (χ3n) is 4.46. The normalized spacial score (nSPS) is 18.6. The first-order chi connectivity index (χ1) is 11.8. The monoisotopic (exact) mass is 356 g/mol. The van der Waals surface area contributed by atoms with Gasteiger partial charge in [0.2, 0.25) is 11.8 Å². The molecule has 1 aliphatic rings. The summed E-state index contributed by atoms with van der Waals surface area (Å²) in [6, 6.07) is 11.4. The number of anilines is 2. The number of carbonyl (C=O) groups excluding carboxylic acids is 2. The fourth-order valence-corrected chi connectivity index (χ4v) is 3.30. The van der Waals surface area contributed by atoms with E-state index in [1.54, 1.807) is 0 Å². The Morgan fingerprint density at radius 1 is 0.920 bits per heavy atom. The first-order valence-electron chi connectivity index (χ1n) is 8.30. The van der Waals surface area contributed by atoms with Crippen molar-refractivity contribution in [3.8, 4) is 0 Å². The van der Waals surface area contributed by atoms with Gasteiger partial charge in [-0.25, -0.2) is 0 Å². The van der Waals surface area contributed by atoms with E-state index in [9.17, 15) is 9.59 Å². The van der Waals surface area contributed by atoms with E-state index in [0.29, 0.717) is 17.1 Å². The average molecular weight is 357 g/mol. The number of amides is 2. The molecule has 2 N–H and O–H groups in total. The lowest BCUT2D eigenvalue weighted by Crippen LogP contribution is -2.21. The summed E-state index contributed by atoms with van der Waals surface area (Å²) < 4.78 is 0. The van der Waals surface area contributed by atoms with Crippen LogP contribution in [0.15, 0.2) is 36.4 Å². The molecule has 4 nitrogen and oxygen atoms in total. The van der Waals surface area contributed by atoms with Crippen LogP contribution in [0.1, 0.15) is 23.1 Å². The molecule has 2 unspecified atom stereocenters. The van der Waals surface area contributed by atoms with Gasteiger partial charge >= 0.3 is 0 Å². The average Bonchev–Trinajstić information content (AvgIpc) is 3.33. The lowest BCUT2D eigenvalue weighted by molar-refractivity contribution is -0.122. The highest BCUT2D eigenvalue weighted by Gasteiger charge is 2.48. The number of nitrogens with one attached hydrogen (secondary N) is 2. The van der Waals surface area contributed by atoms with Crippen molar-refractivity contribution < 1.29 is 9.59 Å². The van der Waals surface area contributed by atoms with Gasteiger partial charge in [0.25, 0.3) is 0 Å². The second kappa shape index (κ2) is 6.89. The highest BCUT2D eigenvalue weighted by molar-refractivity contribution is 6.34. The van der Waals surface area contributed by atoms with Crippen LogP contribution in [0.25, 0.3) is 0 Å². The third kappa shape index (κ3) is 4.02. The fourth-order valence-electron chi connectivity index (χ4n) is 2.94. The Balaban J connectivity index is 1.60. The zero-order chi connectivity index (χ0) is 18.1. The number of hydrogen-bond donors (Lipinski definition) is 2. The topological polar surface area (TPSA) is 58.2 Å². The molecule has 1 fully saturated rings. The van der Waals surface area contributed by atoms with E-state index in [4.69, 9.17) is 11.6 Å². The highest BCUT2D eigenvalue weighted by atomic mass is 35.5. The molecule has 0 aliphatic heterocycles. The summed E-state index contributed by atoms with van der Waals surface area (Å²) in [5.41, 5.74) is 4.47. The largest absolute Gasteiger partial charge is 0.326 e. The van der Waals surface area contributed by atoms with Crippen LogP contribution in [0.5, 0.6) is 0 Å². The second-order valence-electron chi connectivity index (χ2n) is 6.73. The minimum Gasteiger partial charge on any atom is -0.326 e. The fraction of sp³-hybridized carbons (Fsp3) is 0.300. The Labute approximate surface area is 152 Å². The van der Waals surface area contributed by atoms with Gasteiger partial charge in [-0.05, 0) is 56.5 Å². The second-order valence-corrected chi connectivity index (χ2v) is 7.14. The molecule has 0 radical (unpaired) electrons. The lowest BCUT2D eigenvalue weighted by atomic mass is 10.1. The molecule has 1 saturated carbocycles. The van der Waals surface area contributed by atoms with Crippen molar-refractivity contribution in [3.63, 3.8) is 0 Å². The number of rotatable bonds is 4. The molecule has 2 aromatic carbocycles. The maximum Gasteiger partial charge on any atom is 0.228 e. The molecular formula is C20H21ClN2O2. The third-order valence-corrected chi connectivity index (χ3v) is 4.76. The number of benzene rings is 2. The van der Waals surface area contributed by atoms with Crippen molar-refractivity contribution in [2.24, 2.45) is 11.8 Å². The predicted octanol–water partition coefficient (Wildman–Crippen LogP) is 4.48. The van der Waals surface area contributed by atoms with Crippen molar-refractivity contribution in [1.82, 2.24) is 0 Å². The summed E-state index contributed by atoms with van der Waals surface area (Å²) in [5.74, 6) is -0.860. The molecule has 2 aromatic rings. The maximum absolute atomic E-state index is 12.4. The van der Waals surface area contributed by atoms with Crippen LogP contribution in [0.2, 0.25) is 5.02 Å². The maximum atomic E-state index is 12.4. The molecule has 2 atom stereocenters. The van der Waals surface area contributed by atoms with Gasteiger partial charge in [-0.2, -0.15) is 0 Å². The van der Waals surface area contributed by atoms with E-state index in [1.807, 2.05) is 57.2 Å². The van der Waals surface area contributed by atoms with E-state index in [2.05, 4.69) is 10.6 Å². The summed E-state index contributed by atoms with van der Waals surface area (Å²) in [5, 5.41) is 6.26. The van der Waals surface area contributed by atoms with Gasteiger partial charge < -0.3 is 10.6 Å². The quantitative estimate of drug-likeness (QED) is 0.848. The Bertz CT molecular complexity index is 807. The Kier molecular flexibility index (Phi) is 4.82. The van der Waals surface area contributed by atoms with Crippen LogP contribution in [0.3, 0.4) is 0 Å². The van der Waals surface area contributed by atoms with Crippen molar-refractivity contribution in [1.29, 1.82) is 0 Å². The summed E-state index contributed by atoms with van der Waals surface area (Å²) >= 11 is 6.23. The summed E-state index contributed by atoms with van der Waals surface area (Å²) in [6.45, 7) is 5.85. The zero-order valence-corrected chi connectivity index (χ0v) is 15.3. The van der Waals surface area contributed by atoms with Crippen LogP contribution >= 0.6 is 11.6 Å². The van der Waals surface area contributed by atoms with Crippen LogP contribution in [0, 0.1) is 32.6 Å². The van der Waals surface area contributed by atoms with Gasteiger partial charge in [0.15, 0.2) is 0 Å². The minimum atomic E-state index is -0.304. The molecule has 2 amide bonds. The Morgan fingerprint density at radius 2 is 1.52 bits per heavy atom. The van der Waals surface area contributed by atoms with E-state index in [1.165, 1.54) is 0 Å². The van der Waals surface area contributed by atoms with Crippen molar-refractivity contribution in [3.05, 3.63) is 58.1 Å². The van der Waals surface area contributed by atoms with E-state index < -0.39 is 0 Å². The number of carbonyl (C=O) groups is 2. The van der Waals surface area contributed by atoms with Crippen LogP contribution in [0.4, 0.5) is 11.4 Å². The molecule has 0 heterocycles. The molecule has 3 rings (SSSR count). The van der Waals surface area contributed by atoms with E-state index in [0.717, 1.165) is 22.4 Å². The van der Waals surface area contributed by atoms with Gasteiger partial charge in [0.1, 0.15) is 0 Å². The Morgan fingerprint density at radius 3 is 2.12 bits per heavy atom. The standard InChI is InChI=1S/C20H21ClN2O2/c1-11-4-6-14(7-5-11)22-19(24)15-10-16(15)20(25)23-18-13(3)8-12(2)9-17(18)21/h4-9,15-16H,10H2,1-3H3,(H,22,24)(H,23,25). The molecule has 0 spiro atoms. The number of halogens is 1. The first kappa shape index (κ1) is 17.5. The minimum absolute atomic E-state index is 0.115. The molecule has 5 heteroatoms. The molecule has 0 aromatic heterocycles. The molecule has 0 saturated heterocycles. The van der Waals surface area contributed by atoms with Crippen molar-refractivity contribution in [2.45, 2.75) is 27.2 Å². The highest BCUT2D eigenvalue weighted by Crippen LogP contribution is 2.41. The number of aryl methyl sites for hydroxylation is 3. The van der Waals surface area contributed by atoms with Crippen LogP contribution < -0.4 is 10.6 Å². The summed E-state index contributed by atoms with van der Waals surface area (Å²) in [7, 11) is 0. The van der Waals surface area contributed by atoms with Gasteiger partial charge in [-0.3, -0.25) is 9.59 Å². The molecular weight excluding hydrogens is 336 g/mol. The number of hydrogen-bond acceptors (Lipinski definition) is 2. The van der Waals surface area contributed by atoms with Crippen molar-refractivity contribution >= 4 is 34.8 Å². The zero-order valence-electron chi connectivity index (χ0n) is 14.5. The molecule has 0 bridgehead atoms. The van der Waals surface area contributed by atoms with E-state index >= 15 is 0 Å². The van der Waals surface area contributed by atoms with Gasteiger partial charge in [0, 0.05) is 5.69 Å². The summed E-state index contributed by atoms with van der Waals surface area (Å²) in [6.07, 6.45) is 0.562. The van der Waals surface area contributed by atoms with Gasteiger partial charge in [-0.1, -0.05) is 35.4 Å². The Hall–Kier alpha value is -2.33. The van der Waals surface area contributed by atoms with Crippen LogP contribution in [-0.4, -0.2) is 11.8 Å². The van der Waals surface area contributed by atoms with Crippen molar-refractivity contribution in [2.75, 3.05) is 10.6 Å². The lowest BCUT2D eigenvalue weighted by Gasteiger charge is -2.11. The molecule has 25 heavy (non-hydrogen) atoms. The SMILES string of the molecule is Cc1ccc(NC(=O)C2CC2C(=O)Nc2c(C)cc(C)cc2Cl)cc1. The van der Waals surface area contributed by atoms with E-state index in [-0.39, 0.29) is 23.7 Å². The van der Waals surface area contributed by atoms with Crippen LogP contribution in [-0.2, 0) is 9.59 Å². The first-order valence-corrected chi connectivity index (χ1v) is 8.68. The van der Waals surface area contributed by atoms with Gasteiger partial charge in [-0.15, -0.1) is 0 Å².